The molecule has 106 valence electrons. The van der Waals surface area contributed by atoms with Crippen molar-refractivity contribution in [1.29, 1.82) is 0 Å². The van der Waals surface area contributed by atoms with Crippen molar-refractivity contribution in [3.8, 4) is 16.9 Å². The minimum Gasteiger partial charge on any atom is -0.491 e. The minimum atomic E-state index is -0.281. The van der Waals surface area contributed by atoms with E-state index in [9.17, 15) is 4.39 Å². The molecule has 1 unspecified atom stereocenters. The molecule has 2 aromatic carbocycles. The van der Waals surface area contributed by atoms with Crippen LogP contribution in [0.2, 0.25) is 0 Å². The van der Waals surface area contributed by atoms with Gasteiger partial charge in [0, 0.05) is 17.7 Å². The van der Waals surface area contributed by atoms with Gasteiger partial charge in [-0.15, -0.1) is 0 Å². The van der Waals surface area contributed by atoms with Crippen molar-refractivity contribution < 1.29 is 9.13 Å². The Labute approximate surface area is 119 Å². The van der Waals surface area contributed by atoms with E-state index in [-0.39, 0.29) is 18.0 Å². The maximum Gasteiger partial charge on any atom is 0.134 e. The monoisotopic (exact) mass is 273 g/mol. The van der Waals surface area contributed by atoms with Crippen molar-refractivity contribution in [2.75, 3.05) is 0 Å². The lowest BCUT2D eigenvalue weighted by molar-refractivity contribution is 0.241. The van der Waals surface area contributed by atoms with Crippen molar-refractivity contribution in [3.63, 3.8) is 0 Å². The molecule has 20 heavy (non-hydrogen) atoms. The molecule has 0 aromatic heterocycles. The molecule has 2 N–H and O–H groups in total. The van der Waals surface area contributed by atoms with Gasteiger partial charge >= 0.3 is 0 Å². The third kappa shape index (κ3) is 3.36. The Hall–Kier alpha value is -1.87. The number of hydrogen-bond acceptors (Lipinski definition) is 2. The van der Waals surface area contributed by atoms with Crippen LogP contribution in [0.4, 0.5) is 4.39 Å². The SMILES string of the molecule is CC(C)Oc1ccc(-c2ccc(C(C)N)cc2)c(F)c1. The summed E-state index contributed by atoms with van der Waals surface area (Å²) in [6, 6.07) is 12.6. The van der Waals surface area contributed by atoms with Crippen molar-refractivity contribution in [1.82, 2.24) is 0 Å². The van der Waals surface area contributed by atoms with Crippen LogP contribution in [0.1, 0.15) is 32.4 Å². The molecule has 0 amide bonds. The number of halogens is 1. The lowest BCUT2D eigenvalue weighted by Gasteiger charge is -2.12. The van der Waals surface area contributed by atoms with Crippen molar-refractivity contribution >= 4 is 0 Å². The third-order valence-corrected chi connectivity index (χ3v) is 3.06. The smallest absolute Gasteiger partial charge is 0.134 e. The average molecular weight is 273 g/mol. The molecular weight excluding hydrogens is 253 g/mol. The van der Waals surface area contributed by atoms with E-state index >= 15 is 0 Å². The molecule has 2 aromatic rings. The molecule has 0 aliphatic carbocycles. The topological polar surface area (TPSA) is 35.2 Å². The Morgan fingerprint density at radius 3 is 2.15 bits per heavy atom. The Morgan fingerprint density at radius 1 is 1.00 bits per heavy atom. The van der Waals surface area contributed by atoms with Gasteiger partial charge < -0.3 is 10.5 Å². The molecule has 0 bridgehead atoms. The molecule has 0 fully saturated rings. The van der Waals surface area contributed by atoms with E-state index in [1.165, 1.54) is 6.07 Å². The summed E-state index contributed by atoms with van der Waals surface area (Å²) in [5.41, 5.74) is 8.25. The summed E-state index contributed by atoms with van der Waals surface area (Å²) >= 11 is 0. The largest absolute Gasteiger partial charge is 0.491 e. The van der Waals surface area contributed by atoms with Gasteiger partial charge in [-0.05, 0) is 44.0 Å². The Bertz CT molecular complexity index is 576. The van der Waals surface area contributed by atoms with Gasteiger partial charge in [0.05, 0.1) is 6.10 Å². The average Bonchev–Trinajstić information content (AvgIpc) is 2.38. The molecule has 0 saturated carbocycles. The number of nitrogens with two attached hydrogens (primary N) is 1. The molecule has 2 nitrogen and oxygen atoms in total. The number of rotatable bonds is 4. The molecule has 0 spiro atoms. The molecular formula is C17H20FNO. The second-order valence-corrected chi connectivity index (χ2v) is 5.22. The van der Waals surface area contributed by atoms with E-state index in [0.717, 1.165) is 11.1 Å². The number of hydrogen-bond donors (Lipinski definition) is 1. The van der Waals surface area contributed by atoms with Crippen LogP contribution in [0.15, 0.2) is 42.5 Å². The number of ether oxygens (including phenoxy) is 1. The van der Waals surface area contributed by atoms with Gasteiger partial charge in [-0.2, -0.15) is 0 Å². The van der Waals surface area contributed by atoms with E-state index < -0.39 is 0 Å². The zero-order valence-corrected chi connectivity index (χ0v) is 12.1. The Balaban J connectivity index is 2.28. The Morgan fingerprint density at radius 2 is 1.65 bits per heavy atom. The van der Waals surface area contributed by atoms with E-state index in [1.54, 1.807) is 12.1 Å². The molecule has 0 saturated heterocycles. The van der Waals surface area contributed by atoms with E-state index in [0.29, 0.717) is 11.3 Å². The van der Waals surface area contributed by atoms with Gasteiger partial charge in [0.1, 0.15) is 11.6 Å². The van der Waals surface area contributed by atoms with Crippen LogP contribution in [0, 0.1) is 5.82 Å². The lowest BCUT2D eigenvalue weighted by Crippen LogP contribution is -2.05. The third-order valence-electron chi connectivity index (χ3n) is 3.06. The summed E-state index contributed by atoms with van der Waals surface area (Å²) in [6.45, 7) is 5.75. The molecule has 3 heteroatoms. The summed E-state index contributed by atoms with van der Waals surface area (Å²) in [5.74, 6) is 0.269. The van der Waals surface area contributed by atoms with Gasteiger partial charge in [-0.25, -0.2) is 4.39 Å². The highest BCUT2D eigenvalue weighted by molar-refractivity contribution is 5.65. The normalized spacial score (nSPS) is 12.5. The highest BCUT2D eigenvalue weighted by Crippen LogP contribution is 2.27. The van der Waals surface area contributed by atoms with Crippen molar-refractivity contribution in [2.24, 2.45) is 5.73 Å². The van der Waals surface area contributed by atoms with Crippen LogP contribution in [-0.2, 0) is 0 Å². The fraction of sp³-hybridized carbons (Fsp3) is 0.294. The highest BCUT2D eigenvalue weighted by atomic mass is 19.1. The van der Waals surface area contributed by atoms with Crippen LogP contribution in [-0.4, -0.2) is 6.10 Å². The van der Waals surface area contributed by atoms with E-state index in [4.69, 9.17) is 10.5 Å². The molecule has 0 radical (unpaired) electrons. The molecule has 0 aliphatic heterocycles. The van der Waals surface area contributed by atoms with E-state index in [2.05, 4.69) is 0 Å². The van der Waals surface area contributed by atoms with Gasteiger partial charge in [0.15, 0.2) is 0 Å². The second-order valence-electron chi connectivity index (χ2n) is 5.22. The Kier molecular flexibility index (Phi) is 4.40. The minimum absolute atomic E-state index is 0.0179. The van der Waals surface area contributed by atoms with Crippen LogP contribution >= 0.6 is 0 Å². The first kappa shape index (κ1) is 14.5. The van der Waals surface area contributed by atoms with Crippen LogP contribution in [0.5, 0.6) is 5.75 Å². The maximum atomic E-state index is 14.1. The molecule has 0 heterocycles. The quantitative estimate of drug-likeness (QED) is 0.901. The van der Waals surface area contributed by atoms with Crippen LogP contribution in [0.3, 0.4) is 0 Å². The van der Waals surface area contributed by atoms with Crippen molar-refractivity contribution in [2.45, 2.75) is 32.9 Å². The fourth-order valence-electron chi connectivity index (χ4n) is 2.04. The molecule has 1 atom stereocenters. The second kappa shape index (κ2) is 6.06. The summed E-state index contributed by atoms with van der Waals surface area (Å²) in [5, 5.41) is 0. The summed E-state index contributed by atoms with van der Waals surface area (Å²) < 4.78 is 19.6. The van der Waals surface area contributed by atoms with E-state index in [1.807, 2.05) is 45.0 Å². The van der Waals surface area contributed by atoms with Crippen molar-refractivity contribution in [3.05, 3.63) is 53.8 Å². The highest BCUT2D eigenvalue weighted by Gasteiger charge is 2.08. The first-order valence-electron chi connectivity index (χ1n) is 6.79. The number of benzene rings is 2. The standard InChI is InChI=1S/C17H20FNO/c1-11(2)20-15-8-9-16(17(18)10-15)14-6-4-13(5-7-14)12(3)19/h4-12H,19H2,1-3H3. The zero-order chi connectivity index (χ0) is 14.7. The predicted octanol–water partition coefficient (Wildman–Crippen LogP) is 4.30. The molecule has 2 rings (SSSR count). The van der Waals surface area contributed by atoms with Crippen LogP contribution < -0.4 is 10.5 Å². The van der Waals surface area contributed by atoms with Gasteiger partial charge in [0.2, 0.25) is 0 Å². The summed E-state index contributed by atoms with van der Waals surface area (Å²) in [7, 11) is 0. The van der Waals surface area contributed by atoms with Gasteiger partial charge in [0.25, 0.3) is 0 Å². The summed E-state index contributed by atoms with van der Waals surface area (Å²) in [6.07, 6.45) is 0.0329. The van der Waals surface area contributed by atoms with Gasteiger partial charge in [-0.3, -0.25) is 0 Å². The zero-order valence-electron chi connectivity index (χ0n) is 12.1. The predicted molar refractivity (Wildman–Crippen MR) is 80.2 cm³/mol. The lowest BCUT2D eigenvalue weighted by atomic mass is 10.0. The first-order chi connectivity index (χ1) is 9.47. The first-order valence-corrected chi connectivity index (χ1v) is 6.79. The summed E-state index contributed by atoms with van der Waals surface area (Å²) in [4.78, 5) is 0. The fourth-order valence-corrected chi connectivity index (χ4v) is 2.04. The van der Waals surface area contributed by atoms with Crippen LogP contribution in [0.25, 0.3) is 11.1 Å². The maximum absolute atomic E-state index is 14.1. The van der Waals surface area contributed by atoms with Gasteiger partial charge in [-0.1, -0.05) is 24.3 Å². The molecule has 0 aliphatic rings.